The van der Waals surface area contributed by atoms with Crippen LogP contribution in [0.4, 0.5) is 0 Å². The molecule has 0 amide bonds. The third-order valence-corrected chi connectivity index (χ3v) is 0.973. The van der Waals surface area contributed by atoms with Crippen molar-refractivity contribution in [3.63, 3.8) is 0 Å². The van der Waals surface area contributed by atoms with Crippen LogP contribution < -0.4 is 5.73 Å². The molecule has 0 radical (unpaired) electrons. The molecular weight excluding hydrogens is 166 g/mol. The molecular formula is C7H14ClNO2. The highest BCUT2D eigenvalue weighted by molar-refractivity contribution is 5.85. The molecule has 0 aliphatic heterocycles. The topological polar surface area (TPSA) is 52.3 Å². The number of carbonyl (C=O) groups excluding carboxylic acids is 1. The van der Waals surface area contributed by atoms with Gasteiger partial charge in [-0.25, -0.2) is 4.79 Å². The highest BCUT2D eigenvalue weighted by Crippen LogP contribution is 1.89. The lowest BCUT2D eigenvalue weighted by Gasteiger charge is -1.96. The number of halogens is 1. The zero-order chi connectivity index (χ0) is 7.98. The van der Waals surface area contributed by atoms with Crippen LogP contribution in [-0.4, -0.2) is 19.1 Å². The normalized spacial score (nSPS) is 10.3. The van der Waals surface area contributed by atoms with Gasteiger partial charge in [0, 0.05) is 12.6 Å². The summed E-state index contributed by atoms with van der Waals surface area (Å²) in [7, 11) is 0. The molecule has 0 saturated heterocycles. The molecule has 0 aliphatic rings. The summed E-state index contributed by atoms with van der Waals surface area (Å²) >= 11 is 0. The minimum Gasteiger partial charge on any atom is -0.463 e. The first-order valence-electron chi connectivity index (χ1n) is 3.24. The van der Waals surface area contributed by atoms with E-state index in [2.05, 4.69) is 4.74 Å². The molecule has 0 saturated carbocycles. The van der Waals surface area contributed by atoms with Crippen LogP contribution in [0.25, 0.3) is 0 Å². The molecule has 3 nitrogen and oxygen atoms in total. The number of rotatable bonds is 3. The SMILES string of the molecule is CCOC(=O)C=C(C)CN.Cl. The van der Waals surface area contributed by atoms with Crippen molar-refractivity contribution < 1.29 is 9.53 Å². The Kier molecular flexibility index (Phi) is 9.00. The van der Waals surface area contributed by atoms with Gasteiger partial charge in [0.25, 0.3) is 0 Å². The summed E-state index contributed by atoms with van der Waals surface area (Å²) in [5.41, 5.74) is 6.07. The van der Waals surface area contributed by atoms with E-state index >= 15 is 0 Å². The van der Waals surface area contributed by atoms with Gasteiger partial charge < -0.3 is 10.5 Å². The van der Waals surface area contributed by atoms with Gasteiger partial charge in [-0.15, -0.1) is 12.4 Å². The average molecular weight is 180 g/mol. The molecule has 4 heteroatoms. The maximum Gasteiger partial charge on any atom is 0.330 e. The fourth-order valence-corrected chi connectivity index (χ4v) is 0.444. The molecule has 0 spiro atoms. The van der Waals surface area contributed by atoms with E-state index in [9.17, 15) is 4.79 Å². The van der Waals surface area contributed by atoms with E-state index in [4.69, 9.17) is 5.73 Å². The molecule has 0 aromatic carbocycles. The fraction of sp³-hybridized carbons (Fsp3) is 0.571. The Balaban J connectivity index is 0. The Morgan fingerprint density at radius 3 is 2.55 bits per heavy atom. The summed E-state index contributed by atoms with van der Waals surface area (Å²) in [6, 6.07) is 0. The van der Waals surface area contributed by atoms with Gasteiger partial charge in [0.1, 0.15) is 0 Å². The number of hydrogen-bond donors (Lipinski definition) is 1. The Morgan fingerprint density at radius 1 is 1.64 bits per heavy atom. The minimum absolute atomic E-state index is 0. The molecule has 11 heavy (non-hydrogen) atoms. The predicted octanol–water partition coefficient (Wildman–Crippen LogP) is 0.876. The summed E-state index contributed by atoms with van der Waals surface area (Å²) in [5, 5.41) is 0. The highest BCUT2D eigenvalue weighted by atomic mass is 35.5. The van der Waals surface area contributed by atoms with Crippen LogP contribution in [0.15, 0.2) is 11.6 Å². The quantitative estimate of drug-likeness (QED) is 0.517. The lowest BCUT2D eigenvalue weighted by molar-refractivity contribution is -0.137. The number of hydrogen-bond acceptors (Lipinski definition) is 3. The van der Waals surface area contributed by atoms with Crippen molar-refractivity contribution in [2.24, 2.45) is 5.73 Å². The zero-order valence-corrected chi connectivity index (χ0v) is 7.61. The second-order valence-corrected chi connectivity index (χ2v) is 1.95. The maximum absolute atomic E-state index is 10.7. The predicted molar refractivity (Wildman–Crippen MR) is 46.7 cm³/mol. The van der Waals surface area contributed by atoms with Gasteiger partial charge in [0.05, 0.1) is 6.61 Å². The molecule has 0 bridgehead atoms. The Labute approximate surface area is 73.0 Å². The Morgan fingerprint density at radius 2 is 2.18 bits per heavy atom. The van der Waals surface area contributed by atoms with Crippen molar-refractivity contribution in [2.45, 2.75) is 13.8 Å². The van der Waals surface area contributed by atoms with Gasteiger partial charge in [-0.05, 0) is 13.8 Å². The summed E-state index contributed by atoms with van der Waals surface area (Å²) < 4.78 is 4.64. The maximum atomic E-state index is 10.7. The zero-order valence-electron chi connectivity index (χ0n) is 6.79. The van der Waals surface area contributed by atoms with Crippen molar-refractivity contribution in [1.29, 1.82) is 0 Å². The molecule has 0 heterocycles. The lowest BCUT2D eigenvalue weighted by atomic mass is 10.3. The monoisotopic (exact) mass is 179 g/mol. The van der Waals surface area contributed by atoms with Crippen LogP contribution in [-0.2, 0) is 9.53 Å². The van der Waals surface area contributed by atoms with Crippen molar-refractivity contribution >= 4 is 18.4 Å². The van der Waals surface area contributed by atoms with Gasteiger partial charge in [0.2, 0.25) is 0 Å². The molecule has 0 aliphatic carbocycles. The second-order valence-electron chi connectivity index (χ2n) is 1.95. The summed E-state index contributed by atoms with van der Waals surface area (Å²) in [4.78, 5) is 10.7. The van der Waals surface area contributed by atoms with E-state index < -0.39 is 0 Å². The van der Waals surface area contributed by atoms with Crippen molar-refractivity contribution in [3.8, 4) is 0 Å². The van der Waals surface area contributed by atoms with E-state index in [1.54, 1.807) is 13.8 Å². The molecule has 0 aromatic heterocycles. The molecule has 2 N–H and O–H groups in total. The third kappa shape index (κ3) is 7.36. The van der Waals surface area contributed by atoms with E-state index in [1.165, 1.54) is 6.08 Å². The summed E-state index contributed by atoms with van der Waals surface area (Å²) in [6.45, 7) is 4.37. The molecule has 0 rings (SSSR count). The molecule has 0 unspecified atom stereocenters. The van der Waals surface area contributed by atoms with Crippen LogP contribution in [0, 0.1) is 0 Å². The average Bonchev–Trinajstić information content (AvgIpc) is 1.88. The first kappa shape index (κ1) is 13.1. The van der Waals surface area contributed by atoms with E-state index in [-0.39, 0.29) is 18.4 Å². The minimum atomic E-state index is -0.314. The van der Waals surface area contributed by atoms with Crippen LogP contribution >= 0.6 is 12.4 Å². The highest BCUT2D eigenvalue weighted by Gasteiger charge is 1.94. The molecule has 0 atom stereocenters. The standard InChI is InChI=1S/C7H13NO2.ClH/c1-3-10-7(9)4-6(2)5-8;/h4H,3,5,8H2,1-2H3;1H. The van der Waals surface area contributed by atoms with E-state index in [0.29, 0.717) is 13.2 Å². The van der Waals surface area contributed by atoms with Gasteiger partial charge in [-0.1, -0.05) is 5.57 Å². The van der Waals surface area contributed by atoms with Gasteiger partial charge in [-0.3, -0.25) is 0 Å². The number of carbonyl (C=O) groups is 1. The fourth-order valence-electron chi connectivity index (χ4n) is 0.444. The second kappa shape index (κ2) is 7.57. The van der Waals surface area contributed by atoms with E-state index in [0.717, 1.165) is 5.57 Å². The number of esters is 1. The lowest BCUT2D eigenvalue weighted by Crippen LogP contribution is -2.05. The Bertz CT molecular complexity index is 145. The van der Waals surface area contributed by atoms with Gasteiger partial charge in [-0.2, -0.15) is 0 Å². The number of nitrogens with two attached hydrogens (primary N) is 1. The van der Waals surface area contributed by atoms with Crippen LogP contribution in [0.3, 0.4) is 0 Å². The van der Waals surface area contributed by atoms with Gasteiger partial charge in [0.15, 0.2) is 0 Å². The third-order valence-electron chi connectivity index (χ3n) is 0.973. The first-order valence-corrected chi connectivity index (χ1v) is 3.24. The molecule has 0 aromatic rings. The smallest absolute Gasteiger partial charge is 0.330 e. The van der Waals surface area contributed by atoms with E-state index in [1.807, 2.05) is 0 Å². The van der Waals surface area contributed by atoms with Crippen LogP contribution in [0.2, 0.25) is 0 Å². The van der Waals surface area contributed by atoms with Crippen molar-refractivity contribution in [2.75, 3.05) is 13.2 Å². The number of ether oxygens (including phenoxy) is 1. The summed E-state index contributed by atoms with van der Waals surface area (Å²) in [6.07, 6.45) is 1.41. The van der Waals surface area contributed by atoms with Crippen molar-refractivity contribution in [3.05, 3.63) is 11.6 Å². The summed E-state index contributed by atoms with van der Waals surface area (Å²) in [5.74, 6) is -0.314. The van der Waals surface area contributed by atoms with Gasteiger partial charge >= 0.3 is 5.97 Å². The Hall–Kier alpha value is -0.540. The molecule has 0 fully saturated rings. The largest absolute Gasteiger partial charge is 0.463 e. The first-order chi connectivity index (χ1) is 4.70. The molecule has 66 valence electrons. The van der Waals surface area contributed by atoms with Crippen molar-refractivity contribution in [1.82, 2.24) is 0 Å². The van der Waals surface area contributed by atoms with Crippen LogP contribution in [0.1, 0.15) is 13.8 Å². The van der Waals surface area contributed by atoms with Crippen LogP contribution in [0.5, 0.6) is 0 Å².